The van der Waals surface area contributed by atoms with Gasteiger partial charge in [0.25, 0.3) is 15.0 Å². The topological polar surface area (TPSA) is 63.2 Å². The zero-order valence-corrected chi connectivity index (χ0v) is 13.9. The van der Waals surface area contributed by atoms with Crippen LogP contribution in [0.4, 0.5) is 0 Å². The van der Waals surface area contributed by atoms with E-state index >= 15 is 0 Å². The first-order valence-corrected chi connectivity index (χ1v) is 9.42. The third-order valence-electron chi connectivity index (χ3n) is 4.07. The van der Waals surface area contributed by atoms with Gasteiger partial charge in [0.2, 0.25) is 0 Å². The Morgan fingerprint density at radius 3 is 2.57 bits per heavy atom. The largest absolute Gasteiger partial charge is 0.351 e. The predicted molar refractivity (Wildman–Crippen MR) is 83.1 cm³/mol. The molecule has 0 unspecified atom stereocenters. The predicted octanol–water partition coefficient (Wildman–Crippen LogP) is 3.23. The van der Waals surface area contributed by atoms with E-state index in [9.17, 15) is 13.2 Å². The molecular formula is C15H20ClNO3S. The van der Waals surface area contributed by atoms with Gasteiger partial charge < -0.3 is 5.32 Å². The van der Waals surface area contributed by atoms with E-state index in [0.29, 0.717) is 17.7 Å². The van der Waals surface area contributed by atoms with Gasteiger partial charge in [-0.15, -0.1) is 0 Å². The molecule has 0 saturated heterocycles. The van der Waals surface area contributed by atoms with Gasteiger partial charge in [0.05, 0.1) is 4.90 Å². The van der Waals surface area contributed by atoms with Crippen molar-refractivity contribution in [1.29, 1.82) is 0 Å². The quantitative estimate of drug-likeness (QED) is 0.815. The number of amides is 1. The number of rotatable bonds is 6. The van der Waals surface area contributed by atoms with E-state index in [-0.39, 0.29) is 16.2 Å². The summed E-state index contributed by atoms with van der Waals surface area (Å²) in [6.07, 6.45) is 4.52. The van der Waals surface area contributed by atoms with Crippen molar-refractivity contribution in [3.63, 3.8) is 0 Å². The van der Waals surface area contributed by atoms with Gasteiger partial charge >= 0.3 is 0 Å². The van der Waals surface area contributed by atoms with Gasteiger partial charge in [0.15, 0.2) is 0 Å². The number of aryl methyl sites for hydroxylation is 1. The normalized spacial score (nSPS) is 16.5. The first-order valence-electron chi connectivity index (χ1n) is 7.11. The Labute approximate surface area is 130 Å². The number of benzene rings is 1. The van der Waals surface area contributed by atoms with Crippen molar-refractivity contribution in [3.05, 3.63) is 29.3 Å². The molecule has 0 aromatic heterocycles. The molecule has 1 aliphatic rings. The zero-order valence-electron chi connectivity index (χ0n) is 12.3. The molecule has 2 rings (SSSR count). The number of hydrogen-bond acceptors (Lipinski definition) is 3. The fraction of sp³-hybridized carbons (Fsp3) is 0.533. The molecule has 6 heteroatoms. The molecule has 1 aromatic rings. The summed E-state index contributed by atoms with van der Waals surface area (Å²) in [7, 11) is 1.54. The van der Waals surface area contributed by atoms with Crippen LogP contribution in [0, 0.1) is 12.3 Å². The Morgan fingerprint density at radius 1 is 1.38 bits per heavy atom. The van der Waals surface area contributed by atoms with Crippen molar-refractivity contribution in [2.45, 2.75) is 44.4 Å². The Balaban J connectivity index is 2.10. The molecular weight excluding hydrogens is 310 g/mol. The molecule has 1 amide bonds. The lowest BCUT2D eigenvalue weighted by Gasteiger charge is -2.15. The summed E-state index contributed by atoms with van der Waals surface area (Å²) < 4.78 is 22.9. The number of carbonyl (C=O) groups is 1. The molecule has 0 heterocycles. The molecule has 1 saturated carbocycles. The van der Waals surface area contributed by atoms with Crippen molar-refractivity contribution < 1.29 is 13.2 Å². The minimum Gasteiger partial charge on any atom is -0.351 e. The Kier molecular flexibility index (Phi) is 4.63. The van der Waals surface area contributed by atoms with Crippen LogP contribution in [0.2, 0.25) is 0 Å². The second-order valence-corrected chi connectivity index (χ2v) is 8.39. The molecule has 21 heavy (non-hydrogen) atoms. The van der Waals surface area contributed by atoms with Crippen molar-refractivity contribution in [2.75, 3.05) is 6.54 Å². The SMILES string of the molecule is CCCC1(CNC(=O)c2ccc(C)c(S(=O)(=O)Cl)c2)CC1. The second kappa shape index (κ2) is 5.97. The van der Waals surface area contributed by atoms with E-state index in [0.717, 1.165) is 25.7 Å². The second-order valence-electron chi connectivity index (χ2n) is 5.85. The molecule has 1 fully saturated rings. The van der Waals surface area contributed by atoms with Gasteiger partial charge in [0, 0.05) is 22.8 Å². The van der Waals surface area contributed by atoms with Gasteiger partial charge in [-0.1, -0.05) is 19.4 Å². The Hall–Kier alpha value is -1.07. The average Bonchev–Trinajstić information content (AvgIpc) is 3.16. The lowest BCUT2D eigenvalue weighted by molar-refractivity contribution is 0.0943. The van der Waals surface area contributed by atoms with Crippen LogP contribution in [0.25, 0.3) is 0 Å². The molecule has 0 radical (unpaired) electrons. The maximum Gasteiger partial charge on any atom is 0.261 e. The molecule has 4 nitrogen and oxygen atoms in total. The standard InChI is InChI=1S/C15H20ClNO3S/c1-3-6-15(7-8-15)10-17-14(18)12-5-4-11(2)13(9-12)21(16,19)20/h4-5,9H,3,6-8,10H2,1-2H3,(H,17,18). The number of hydrogen-bond donors (Lipinski definition) is 1. The number of nitrogens with one attached hydrogen (secondary N) is 1. The molecule has 1 aromatic carbocycles. The van der Waals surface area contributed by atoms with E-state index in [4.69, 9.17) is 10.7 Å². The molecule has 1 aliphatic carbocycles. The van der Waals surface area contributed by atoms with Crippen LogP contribution in [0.1, 0.15) is 48.5 Å². The van der Waals surface area contributed by atoms with Crippen LogP contribution >= 0.6 is 10.7 Å². The number of halogens is 1. The van der Waals surface area contributed by atoms with E-state index in [2.05, 4.69) is 12.2 Å². The number of carbonyl (C=O) groups excluding carboxylic acids is 1. The molecule has 0 atom stereocenters. The highest BCUT2D eigenvalue weighted by Crippen LogP contribution is 2.48. The van der Waals surface area contributed by atoms with Crippen molar-refractivity contribution >= 4 is 25.6 Å². The summed E-state index contributed by atoms with van der Waals surface area (Å²) in [5, 5.41) is 2.91. The summed E-state index contributed by atoms with van der Waals surface area (Å²) in [5.74, 6) is -0.251. The highest BCUT2D eigenvalue weighted by molar-refractivity contribution is 8.13. The molecule has 0 bridgehead atoms. The summed E-state index contributed by atoms with van der Waals surface area (Å²) in [6, 6.07) is 4.56. The van der Waals surface area contributed by atoms with Gasteiger partial charge in [-0.3, -0.25) is 4.79 Å². The monoisotopic (exact) mass is 329 g/mol. The van der Waals surface area contributed by atoms with Crippen molar-refractivity contribution in [2.24, 2.45) is 5.41 Å². The summed E-state index contributed by atoms with van der Waals surface area (Å²) in [5.41, 5.74) is 1.12. The maximum absolute atomic E-state index is 12.2. The smallest absolute Gasteiger partial charge is 0.261 e. The lowest BCUT2D eigenvalue weighted by atomic mass is 10.0. The summed E-state index contributed by atoms with van der Waals surface area (Å²) >= 11 is 0. The fourth-order valence-electron chi connectivity index (χ4n) is 2.60. The van der Waals surface area contributed by atoms with E-state index in [1.165, 1.54) is 6.07 Å². The molecule has 0 spiro atoms. The van der Waals surface area contributed by atoms with E-state index < -0.39 is 9.05 Å². The van der Waals surface area contributed by atoms with Gasteiger partial charge in [-0.05, 0) is 49.3 Å². The molecule has 116 valence electrons. The zero-order chi connectivity index (χ0) is 15.7. The highest BCUT2D eigenvalue weighted by Gasteiger charge is 2.41. The Bertz CT molecular complexity index is 651. The lowest BCUT2D eigenvalue weighted by Crippen LogP contribution is -2.30. The Morgan fingerprint density at radius 2 is 2.05 bits per heavy atom. The van der Waals surface area contributed by atoms with E-state index in [1.807, 2.05) is 0 Å². The third-order valence-corrected chi connectivity index (χ3v) is 5.54. The highest BCUT2D eigenvalue weighted by atomic mass is 35.7. The van der Waals surface area contributed by atoms with Crippen LogP contribution in [0.5, 0.6) is 0 Å². The van der Waals surface area contributed by atoms with Crippen LogP contribution in [-0.2, 0) is 9.05 Å². The first kappa shape index (κ1) is 16.3. The van der Waals surface area contributed by atoms with Crippen LogP contribution in [-0.4, -0.2) is 20.9 Å². The van der Waals surface area contributed by atoms with Crippen LogP contribution in [0.15, 0.2) is 23.1 Å². The fourth-order valence-corrected chi connectivity index (χ4v) is 3.82. The summed E-state index contributed by atoms with van der Waals surface area (Å²) in [4.78, 5) is 12.2. The average molecular weight is 330 g/mol. The van der Waals surface area contributed by atoms with Crippen LogP contribution < -0.4 is 5.32 Å². The maximum atomic E-state index is 12.2. The molecule has 0 aliphatic heterocycles. The van der Waals surface area contributed by atoms with Crippen molar-refractivity contribution in [1.82, 2.24) is 5.32 Å². The third kappa shape index (κ3) is 3.98. The first-order chi connectivity index (χ1) is 9.77. The van der Waals surface area contributed by atoms with Gasteiger partial charge in [0.1, 0.15) is 0 Å². The van der Waals surface area contributed by atoms with Gasteiger partial charge in [-0.25, -0.2) is 8.42 Å². The van der Waals surface area contributed by atoms with E-state index in [1.54, 1.807) is 19.1 Å². The minimum absolute atomic E-state index is 0.00786. The molecule has 1 N–H and O–H groups in total. The van der Waals surface area contributed by atoms with Crippen LogP contribution in [0.3, 0.4) is 0 Å². The summed E-state index contributed by atoms with van der Waals surface area (Å²) in [6.45, 7) is 4.44. The van der Waals surface area contributed by atoms with Gasteiger partial charge in [-0.2, -0.15) is 0 Å². The minimum atomic E-state index is -3.84. The van der Waals surface area contributed by atoms with Crippen molar-refractivity contribution in [3.8, 4) is 0 Å².